The fourth-order valence-corrected chi connectivity index (χ4v) is 2.59. The first kappa shape index (κ1) is 14.3. The summed E-state index contributed by atoms with van der Waals surface area (Å²) in [6.07, 6.45) is 5.49. The molecular weight excluding hydrogens is 240 g/mol. The lowest BCUT2D eigenvalue weighted by molar-refractivity contribution is -0.119. The number of hydrogen-bond donors (Lipinski definition) is 0. The molecule has 0 aromatic carbocycles. The van der Waals surface area contributed by atoms with E-state index < -0.39 is 0 Å². The second-order valence-corrected chi connectivity index (χ2v) is 5.19. The van der Waals surface area contributed by atoms with Crippen molar-refractivity contribution in [2.45, 2.75) is 65.0 Å². The molecule has 1 fully saturated rings. The van der Waals surface area contributed by atoms with Crippen LogP contribution < -0.4 is 0 Å². The molecule has 106 valence electrons. The maximum Gasteiger partial charge on any atom is 0.138 e. The van der Waals surface area contributed by atoms with Gasteiger partial charge in [-0.25, -0.2) is 0 Å². The molecule has 0 radical (unpaired) electrons. The van der Waals surface area contributed by atoms with Crippen LogP contribution in [-0.2, 0) is 28.9 Å². The van der Waals surface area contributed by atoms with Gasteiger partial charge in [-0.05, 0) is 38.7 Å². The standard InChI is InChI=1S/C15H24N2O2/c1-3-12-10-13(17(4-2)16-12)11-14(18)7-8-15-6-5-9-19-15/h10,15H,3-9,11H2,1-2H3. The van der Waals surface area contributed by atoms with Gasteiger partial charge in [0.05, 0.1) is 11.8 Å². The Hall–Kier alpha value is -1.16. The summed E-state index contributed by atoms with van der Waals surface area (Å²) < 4.78 is 7.50. The number of nitrogens with zero attached hydrogens (tertiary/aromatic N) is 2. The lowest BCUT2D eigenvalue weighted by atomic mass is 10.1. The fraction of sp³-hybridized carbons (Fsp3) is 0.733. The Labute approximate surface area is 115 Å². The summed E-state index contributed by atoms with van der Waals surface area (Å²) in [4.78, 5) is 12.0. The third-order valence-corrected chi connectivity index (χ3v) is 3.72. The van der Waals surface area contributed by atoms with Gasteiger partial charge in [-0.3, -0.25) is 9.48 Å². The van der Waals surface area contributed by atoms with E-state index in [9.17, 15) is 4.79 Å². The highest BCUT2D eigenvalue weighted by atomic mass is 16.5. The van der Waals surface area contributed by atoms with Gasteiger partial charge in [-0.2, -0.15) is 5.10 Å². The quantitative estimate of drug-likeness (QED) is 0.760. The van der Waals surface area contributed by atoms with E-state index in [1.807, 2.05) is 4.68 Å². The fourth-order valence-electron chi connectivity index (χ4n) is 2.59. The third-order valence-electron chi connectivity index (χ3n) is 3.72. The van der Waals surface area contributed by atoms with Crippen molar-refractivity contribution < 1.29 is 9.53 Å². The minimum Gasteiger partial charge on any atom is -0.378 e. The second kappa shape index (κ2) is 6.85. The predicted octanol–water partition coefficient (Wildman–Crippen LogP) is 2.54. The molecule has 4 heteroatoms. The first-order valence-electron chi connectivity index (χ1n) is 7.41. The summed E-state index contributed by atoms with van der Waals surface area (Å²) in [6, 6.07) is 2.06. The predicted molar refractivity (Wildman–Crippen MR) is 74.2 cm³/mol. The Kier molecular flexibility index (Phi) is 5.14. The molecule has 19 heavy (non-hydrogen) atoms. The van der Waals surface area contributed by atoms with Gasteiger partial charge in [0.25, 0.3) is 0 Å². The Balaban J connectivity index is 1.85. The van der Waals surface area contributed by atoms with E-state index in [1.54, 1.807) is 0 Å². The molecule has 0 aliphatic carbocycles. The minimum atomic E-state index is 0.299. The zero-order valence-corrected chi connectivity index (χ0v) is 12.0. The molecular formula is C15H24N2O2. The molecule has 1 unspecified atom stereocenters. The van der Waals surface area contributed by atoms with E-state index in [-0.39, 0.29) is 0 Å². The van der Waals surface area contributed by atoms with Crippen molar-refractivity contribution in [2.24, 2.45) is 0 Å². The maximum atomic E-state index is 12.0. The lowest BCUT2D eigenvalue weighted by Gasteiger charge is -2.08. The van der Waals surface area contributed by atoms with E-state index in [2.05, 4.69) is 25.0 Å². The maximum absolute atomic E-state index is 12.0. The van der Waals surface area contributed by atoms with Crippen LogP contribution in [0.1, 0.15) is 50.9 Å². The number of ketones is 1. The van der Waals surface area contributed by atoms with E-state index in [4.69, 9.17) is 4.74 Å². The van der Waals surface area contributed by atoms with Gasteiger partial charge < -0.3 is 4.74 Å². The normalized spacial score (nSPS) is 18.9. The monoisotopic (exact) mass is 264 g/mol. The molecule has 0 saturated carbocycles. The number of ether oxygens (including phenoxy) is 1. The largest absolute Gasteiger partial charge is 0.378 e. The SMILES string of the molecule is CCc1cc(CC(=O)CCC2CCCO2)n(CC)n1. The molecule has 0 N–H and O–H groups in total. The Morgan fingerprint density at radius 3 is 3.00 bits per heavy atom. The van der Waals surface area contributed by atoms with Crippen LogP contribution in [-0.4, -0.2) is 28.3 Å². The average molecular weight is 264 g/mol. The van der Waals surface area contributed by atoms with Crippen molar-refractivity contribution in [1.29, 1.82) is 0 Å². The van der Waals surface area contributed by atoms with Crippen molar-refractivity contribution in [2.75, 3.05) is 6.61 Å². The van der Waals surface area contributed by atoms with E-state index >= 15 is 0 Å². The number of carbonyl (C=O) groups is 1. The van der Waals surface area contributed by atoms with Gasteiger partial charge in [0.15, 0.2) is 0 Å². The molecule has 1 atom stereocenters. The molecule has 4 nitrogen and oxygen atoms in total. The summed E-state index contributed by atoms with van der Waals surface area (Å²) >= 11 is 0. The first-order chi connectivity index (χ1) is 9.22. The van der Waals surface area contributed by atoms with Gasteiger partial charge >= 0.3 is 0 Å². The van der Waals surface area contributed by atoms with Crippen molar-refractivity contribution in [3.8, 4) is 0 Å². The summed E-state index contributed by atoms with van der Waals surface area (Å²) in [5.41, 5.74) is 2.13. The molecule has 0 bridgehead atoms. The van der Waals surface area contributed by atoms with Crippen LogP contribution in [0.3, 0.4) is 0 Å². The second-order valence-electron chi connectivity index (χ2n) is 5.19. The Morgan fingerprint density at radius 1 is 1.53 bits per heavy atom. The zero-order valence-electron chi connectivity index (χ0n) is 12.0. The highest BCUT2D eigenvalue weighted by molar-refractivity contribution is 5.80. The molecule has 0 spiro atoms. The van der Waals surface area contributed by atoms with Crippen LogP contribution in [0.15, 0.2) is 6.07 Å². The van der Waals surface area contributed by atoms with Gasteiger partial charge in [0.2, 0.25) is 0 Å². The van der Waals surface area contributed by atoms with Crippen LogP contribution in [0.2, 0.25) is 0 Å². The average Bonchev–Trinajstić information content (AvgIpc) is 3.05. The van der Waals surface area contributed by atoms with E-state index in [0.717, 1.165) is 50.2 Å². The van der Waals surface area contributed by atoms with Gasteiger partial charge in [0.1, 0.15) is 5.78 Å². The van der Waals surface area contributed by atoms with Crippen molar-refractivity contribution in [3.05, 3.63) is 17.5 Å². The summed E-state index contributed by atoms with van der Waals surface area (Å²) in [5, 5.41) is 4.48. The minimum absolute atomic E-state index is 0.299. The highest BCUT2D eigenvalue weighted by Crippen LogP contribution is 2.17. The van der Waals surface area contributed by atoms with Gasteiger partial charge in [-0.1, -0.05) is 6.92 Å². The lowest BCUT2D eigenvalue weighted by Crippen LogP contribution is -2.12. The van der Waals surface area contributed by atoms with Crippen LogP contribution in [0.4, 0.5) is 0 Å². The molecule has 1 saturated heterocycles. The summed E-state index contributed by atoms with van der Waals surface area (Å²) in [7, 11) is 0. The highest BCUT2D eigenvalue weighted by Gasteiger charge is 2.17. The zero-order chi connectivity index (χ0) is 13.7. The summed E-state index contributed by atoms with van der Waals surface area (Å²) in [6.45, 7) is 5.84. The molecule has 2 rings (SSSR count). The van der Waals surface area contributed by atoms with Crippen molar-refractivity contribution in [3.63, 3.8) is 0 Å². The number of aryl methyl sites for hydroxylation is 2. The molecule has 1 aromatic rings. The molecule has 1 aliphatic heterocycles. The van der Waals surface area contributed by atoms with Gasteiger partial charge in [-0.15, -0.1) is 0 Å². The van der Waals surface area contributed by atoms with E-state index in [1.165, 1.54) is 0 Å². The Bertz CT molecular complexity index is 420. The van der Waals surface area contributed by atoms with Crippen molar-refractivity contribution >= 4 is 5.78 Å². The number of carbonyl (C=O) groups excluding carboxylic acids is 1. The first-order valence-corrected chi connectivity index (χ1v) is 7.41. The van der Waals surface area contributed by atoms with Crippen LogP contribution >= 0.6 is 0 Å². The molecule has 2 heterocycles. The van der Waals surface area contributed by atoms with Crippen LogP contribution in [0.5, 0.6) is 0 Å². The van der Waals surface area contributed by atoms with E-state index in [0.29, 0.717) is 24.7 Å². The summed E-state index contributed by atoms with van der Waals surface area (Å²) in [5.74, 6) is 0.299. The van der Waals surface area contributed by atoms with Gasteiger partial charge in [0, 0.05) is 31.7 Å². The number of rotatable bonds is 7. The topological polar surface area (TPSA) is 44.1 Å². The smallest absolute Gasteiger partial charge is 0.138 e. The molecule has 1 aromatic heterocycles. The third kappa shape index (κ3) is 3.90. The Morgan fingerprint density at radius 2 is 2.37 bits per heavy atom. The van der Waals surface area contributed by atoms with Crippen molar-refractivity contribution in [1.82, 2.24) is 9.78 Å². The number of aromatic nitrogens is 2. The van der Waals surface area contributed by atoms with Crippen LogP contribution in [0.25, 0.3) is 0 Å². The van der Waals surface area contributed by atoms with Crippen LogP contribution in [0, 0.1) is 0 Å². The molecule has 0 amide bonds. The number of hydrogen-bond acceptors (Lipinski definition) is 3. The molecule has 1 aliphatic rings. The number of Topliss-reactive ketones (excluding diaryl/α,β-unsaturated/α-hetero) is 1.